The lowest BCUT2D eigenvalue weighted by atomic mass is 9.69. The highest BCUT2D eigenvalue weighted by Gasteiger charge is 2.66. The number of aliphatic hydroxyl groups is 1. The first kappa shape index (κ1) is 25.1. The van der Waals surface area contributed by atoms with Gasteiger partial charge in [-0.15, -0.1) is 0 Å². The molecule has 0 bridgehead atoms. The van der Waals surface area contributed by atoms with Crippen molar-refractivity contribution < 1.29 is 9.53 Å². The zero-order chi connectivity index (χ0) is 24.8. The van der Waals surface area contributed by atoms with Crippen LogP contribution in [-0.2, 0) is 15.1 Å². The van der Waals surface area contributed by atoms with Crippen molar-refractivity contribution in [2.75, 3.05) is 6.61 Å². The highest BCUT2D eigenvalue weighted by molar-refractivity contribution is 6.78. The van der Waals surface area contributed by atoms with Gasteiger partial charge in [0.05, 0.1) is 5.04 Å². The molecule has 0 amide bonds. The van der Waals surface area contributed by atoms with Gasteiger partial charge in [0.25, 0.3) is 0 Å². The molecule has 4 rings (SSSR count). The zero-order valence-corrected chi connectivity index (χ0v) is 22.0. The van der Waals surface area contributed by atoms with Crippen molar-refractivity contribution in [3.63, 3.8) is 0 Å². The van der Waals surface area contributed by atoms with Crippen LogP contribution in [-0.4, -0.2) is 20.0 Å². The third kappa shape index (κ3) is 3.98. The van der Waals surface area contributed by atoms with E-state index in [2.05, 4.69) is 93.6 Å². The Bertz CT molecular complexity index is 1090. The van der Waals surface area contributed by atoms with Gasteiger partial charge in [-0.05, 0) is 41.3 Å². The predicted octanol–water partition coefficient (Wildman–Crippen LogP) is 7.47. The summed E-state index contributed by atoms with van der Waals surface area (Å²) < 4.78 is 6.97. The quantitative estimate of drug-likeness (QED) is 0.239. The lowest BCUT2D eigenvalue weighted by Gasteiger charge is -2.57. The normalized spacial score (nSPS) is 12.5. The van der Waals surface area contributed by atoms with Crippen molar-refractivity contribution in [1.29, 1.82) is 0 Å². The highest BCUT2D eigenvalue weighted by atomic mass is 28.4. The van der Waals surface area contributed by atoms with Gasteiger partial charge in [0, 0.05) is 6.61 Å². The van der Waals surface area contributed by atoms with Gasteiger partial charge in [-0.2, -0.15) is 0 Å². The van der Waals surface area contributed by atoms with E-state index in [0.29, 0.717) is 6.61 Å². The fourth-order valence-corrected chi connectivity index (χ4v) is 11.2. The second-order valence-corrected chi connectivity index (χ2v) is 13.5. The molecule has 35 heavy (non-hydrogen) atoms. The van der Waals surface area contributed by atoms with Gasteiger partial charge in [0.15, 0.2) is 0 Å². The molecule has 0 radical (unpaired) electrons. The van der Waals surface area contributed by atoms with Crippen LogP contribution in [0.25, 0.3) is 0 Å². The topological polar surface area (TPSA) is 29.5 Å². The fraction of sp³-hybridized carbons (Fsp3) is 0.250. The van der Waals surface area contributed by atoms with E-state index in [4.69, 9.17) is 4.43 Å². The van der Waals surface area contributed by atoms with Crippen molar-refractivity contribution in [2.45, 2.75) is 43.5 Å². The first-order chi connectivity index (χ1) is 17.1. The van der Waals surface area contributed by atoms with E-state index in [1.54, 1.807) is 0 Å². The van der Waals surface area contributed by atoms with Gasteiger partial charge in [-0.1, -0.05) is 135 Å². The summed E-state index contributed by atoms with van der Waals surface area (Å²) in [6.45, 7) is 7.16. The summed E-state index contributed by atoms with van der Waals surface area (Å²) in [7, 11) is -2.76. The van der Waals surface area contributed by atoms with E-state index in [9.17, 15) is 5.11 Å². The van der Waals surface area contributed by atoms with Crippen LogP contribution in [0.15, 0.2) is 121 Å². The van der Waals surface area contributed by atoms with E-state index in [-0.39, 0.29) is 0 Å². The van der Waals surface area contributed by atoms with Crippen LogP contribution < -0.4 is 0 Å². The largest absolute Gasteiger partial charge is 0.416 e. The van der Waals surface area contributed by atoms with E-state index >= 15 is 0 Å². The highest BCUT2D eigenvalue weighted by Crippen LogP contribution is 2.58. The van der Waals surface area contributed by atoms with Crippen molar-refractivity contribution >= 4 is 8.32 Å². The average Bonchev–Trinajstić information content (AvgIpc) is 2.94. The maximum Gasteiger partial charge on any atom is 0.210 e. The first-order valence-corrected chi connectivity index (χ1v) is 15.0. The molecule has 0 aliphatic rings. The van der Waals surface area contributed by atoms with Crippen LogP contribution in [0.4, 0.5) is 0 Å². The molecular formula is C32H36O2Si. The first-order valence-electron chi connectivity index (χ1n) is 12.7. The molecule has 180 valence electrons. The molecule has 0 fully saturated rings. The van der Waals surface area contributed by atoms with Crippen LogP contribution in [0, 0.1) is 0 Å². The third-order valence-corrected chi connectivity index (χ3v) is 13.0. The average molecular weight is 481 g/mol. The SMILES string of the molecule is CCO[Si](CC)(CC)C(c1ccccc1)(c1ccccc1)C(O)(c1ccccc1)c1ccccc1. The smallest absolute Gasteiger partial charge is 0.210 e. The van der Waals surface area contributed by atoms with Crippen LogP contribution in [0.5, 0.6) is 0 Å². The second-order valence-electron chi connectivity index (χ2n) is 9.06. The molecule has 0 saturated carbocycles. The molecule has 3 heteroatoms. The Labute approximate surface area is 211 Å². The molecule has 0 spiro atoms. The van der Waals surface area contributed by atoms with Crippen LogP contribution in [0.2, 0.25) is 12.1 Å². The third-order valence-electron chi connectivity index (χ3n) is 7.59. The Balaban J connectivity index is 2.29. The molecular weight excluding hydrogens is 444 g/mol. The predicted molar refractivity (Wildman–Crippen MR) is 148 cm³/mol. The number of hydrogen-bond acceptors (Lipinski definition) is 2. The summed E-state index contributed by atoms with van der Waals surface area (Å²) in [5, 5.41) is 12.7. The maximum absolute atomic E-state index is 13.6. The minimum absolute atomic E-state index is 0.606. The van der Waals surface area contributed by atoms with E-state index in [1.807, 2.05) is 48.5 Å². The minimum Gasteiger partial charge on any atom is -0.416 e. The lowest BCUT2D eigenvalue weighted by Crippen LogP contribution is -2.68. The van der Waals surface area contributed by atoms with Crippen LogP contribution in [0.1, 0.15) is 43.0 Å². The number of rotatable bonds is 10. The number of benzene rings is 4. The molecule has 0 saturated heterocycles. The van der Waals surface area contributed by atoms with Crippen molar-refractivity contribution in [2.24, 2.45) is 0 Å². The summed E-state index contributed by atoms with van der Waals surface area (Å²) in [6, 6.07) is 43.2. The molecule has 0 aliphatic carbocycles. The minimum atomic E-state index is -2.76. The molecule has 4 aromatic carbocycles. The Hall–Kier alpha value is -2.98. The Morgan fingerprint density at radius 2 is 0.857 bits per heavy atom. The number of hydrogen-bond donors (Lipinski definition) is 1. The standard InChI is InChI=1S/C32H36O2Si/c1-4-34-35(5-2,6-3)32(29-23-15-9-16-24-29,30-25-17-10-18-26-30)31(33,27-19-11-7-12-20-27)28-21-13-8-14-22-28/h7-26,33H,4-6H2,1-3H3. The van der Waals surface area contributed by atoms with Gasteiger partial charge in [0.1, 0.15) is 5.60 Å². The summed E-state index contributed by atoms with van der Waals surface area (Å²) >= 11 is 0. The fourth-order valence-electron chi connectivity index (χ4n) is 6.14. The van der Waals surface area contributed by atoms with Crippen LogP contribution in [0.3, 0.4) is 0 Å². The molecule has 0 aliphatic heterocycles. The zero-order valence-electron chi connectivity index (χ0n) is 21.0. The van der Waals surface area contributed by atoms with Gasteiger partial charge < -0.3 is 9.53 Å². The molecule has 0 unspecified atom stereocenters. The summed E-state index contributed by atoms with van der Waals surface area (Å²) in [5.41, 5.74) is 2.55. The Morgan fingerprint density at radius 1 is 0.543 bits per heavy atom. The lowest BCUT2D eigenvalue weighted by molar-refractivity contribution is 0.0305. The molecule has 0 heterocycles. The van der Waals surface area contributed by atoms with Crippen molar-refractivity contribution in [1.82, 2.24) is 0 Å². The summed E-state index contributed by atoms with van der Waals surface area (Å²) in [4.78, 5) is 0. The molecule has 2 nitrogen and oxygen atoms in total. The Kier molecular flexibility index (Phi) is 7.71. The van der Waals surface area contributed by atoms with E-state index in [1.165, 1.54) is 0 Å². The maximum atomic E-state index is 13.6. The monoisotopic (exact) mass is 480 g/mol. The van der Waals surface area contributed by atoms with Crippen LogP contribution >= 0.6 is 0 Å². The van der Waals surface area contributed by atoms with E-state index in [0.717, 1.165) is 34.3 Å². The molecule has 0 aromatic heterocycles. The van der Waals surface area contributed by atoms with Crippen molar-refractivity contribution in [3.05, 3.63) is 144 Å². The summed E-state index contributed by atoms with van der Waals surface area (Å²) in [6.07, 6.45) is 0. The summed E-state index contributed by atoms with van der Waals surface area (Å²) in [5.74, 6) is 0. The van der Waals surface area contributed by atoms with Gasteiger partial charge in [-0.25, -0.2) is 0 Å². The second kappa shape index (κ2) is 10.7. The van der Waals surface area contributed by atoms with E-state index < -0.39 is 19.0 Å². The molecule has 0 atom stereocenters. The van der Waals surface area contributed by atoms with Gasteiger partial charge in [-0.3, -0.25) is 0 Å². The van der Waals surface area contributed by atoms with Crippen molar-refractivity contribution in [3.8, 4) is 0 Å². The van der Waals surface area contributed by atoms with Gasteiger partial charge >= 0.3 is 0 Å². The van der Waals surface area contributed by atoms with Gasteiger partial charge in [0.2, 0.25) is 8.32 Å². The molecule has 1 N–H and O–H groups in total. The Morgan fingerprint density at radius 3 is 1.14 bits per heavy atom. The molecule has 4 aromatic rings.